The molecule has 0 radical (unpaired) electrons. The molecule has 1 aliphatic heterocycles. The molecule has 2 N–H and O–H groups in total. The Bertz CT molecular complexity index is 844. The molecule has 1 aliphatic carbocycles. The van der Waals surface area contributed by atoms with Crippen LogP contribution in [-0.4, -0.2) is 11.8 Å². The van der Waals surface area contributed by atoms with Crippen molar-refractivity contribution in [2.24, 2.45) is 5.73 Å². The largest absolute Gasteiger partial charge is 0.444 e. The molecule has 0 unspecified atom stereocenters. The van der Waals surface area contributed by atoms with Crippen LogP contribution in [0.15, 0.2) is 47.1 Å². The van der Waals surface area contributed by atoms with E-state index < -0.39 is 5.92 Å². The minimum absolute atomic E-state index is 0.0186. The van der Waals surface area contributed by atoms with Crippen molar-refractivity contribution in [3.63, 3.8) is 0 Å². The van der Waals surface area contributed by atoms with E-state index in [1.54, 1.807) is 24.3 Å². The predicted octanol–water partition coefficient (Wildman–Crippen LogP) is 3.21. The number of carbonyl (C=O) groups excluding carboxylic acids is 2. The number of nitrogens with two attached hydrogens (primary N) is 1. The standard InChI is InChI=1S/C20H20N2O4/c1-2-4-17(24)25-13-9-7-12(8-10-13)18-14(11-21)20(22)26-16-6-3-5-15(23)19(16)18/h7-10,18H,2-6,22H2,1H3/t18-/m1/s1. The Kier molecular flexibility index (Phi) is 5.08. The number of rotatable bonds is 4. The van der Waals surface area contributed by atoms with E-state index in [1.807, 2.05) is 6.92 Å². The summed E-state index contributed by atoms with van der Waals surface area (Å²) < 4.78 is 10.8. The average Bonchev–Trinajstić information content (AvgIpc) is 2.62. The molecule has 1 aromatic rings. The first-order valence-corrected chi connectivity index (χ1v) is 8.69. The van der Waals surface area contributed by atoms with E-state index in [0.717, 1.165) is 5.56 Å². The molecule has 26 heavy (non-hydrogen) atoms. The molecule has 0 spiro atoms. The van der Waals surface area contributed by atoms with Crippen molar-refractivity contribution >= 4 is 11.8 Å². The maximum atomic E-state index is 12.5. The van der Waals surface area contributed by atoms with Crippen LogP contribution in [0.3, 0.4) is 0 Å². The first kappa shape index (κ1) is 17.7. The van der Waals surface area contributed by atoms with Crippen LogP contribution in [0.5, 0.6) is 5.75 Å². The summed E-state index contributed by atoms with van der Waals surface area (Å²) in [5, 5.41) is 9.53. The second-order valence-corrected chi connectivity index (χ2v) is 6.33. The number of benzene rings is 1. The van der Waals surface area contributed by atoms with Crippen LogP contribution >= 0.6 is 0 Å². The van der Waals surface area contributed by atoms with E-state index in [2.05, 4.69) is 6.07 Å². The van der Waals surface area contributed by atoms with E-state index in [1.165, 1.54) is 0 Å². The minimum Gasteiger partial charge on any atom is -0.444 e. The zero-order valence-corrected chi connectivity index (χ0v) is 14.6. The van der Waals surface area contributed by atoms with Gasteiger partial charge in [-0.1, -0.05) is 19.1 Å². The Labute approximate surface area is 151 Å². The fourth-order valence-electron chi connectivity index (χ4n) is 3.30. The number of nitrogens with zero attached hydrogens (tertiary/aromatic N) is 1. The molecule has 134 valence electrons. The Morgan fingerprint density at radius 1 is 1.35 bits per heavy atom. The Morgan fingerprint density at radius 3 is 2.73 bits per heavy atom. The lowest BCUT2D eigenvalue weighted by atomic mass is 9.77. The molecule has 1 atom stereocenters. The number of Topliss-reactive ketones (excluding diaryl/α,β-unsaturated/α-hetero) is 1. The predicted molar refractivity (Wildman–Crippen MR) is 93.5 cm³/mol. The van der Waals surface area contributed by atoms with Gasteiger partial charge in [-0.25, -0.2) is 0 Å². The van der Waals surface area contributed by atoms with Crippen molar-refractivity contribution in [2.45, 2.75) is 44.9 Å². The molecule has 0 saturated heterocycles. The summed E-state index contributed by atoms with van der Waals surface area (Å²) in [5.74, 6) is 0.178. The van der Waals surface area contributed by atoms with Gasteiger partial charge in [0.25, 0.3) is 0 Å². The fourth-order valence-corrected chi connectivity index (χ4v) is 3.30. The zero-order valence-electron chi connectivity index (χ0n) is 14.6. The first-order chi connectivity index (χ1) is 12.5. The monoisotopic (exact) mass is 352 g/mol. The zero-order chi connectivity index (χ0) is 18.7. The third-order valence-corrected chi connectivity index (χ3v) is 4.50. The smallest absolute Gasteiger partial charge is 0.311 e. The molecule has 3 rings (SSSR count). The quantitative estimate of drug-likeness (QED) is 0.659. The van der Waals surface area contributed by atoms with Gasteiger partial charge in [0.2, 0.25) is 5.88 Å². The van der Waals surface area contributed by atoms with Crippen LogP contribution in [0, 0.1) is 11.3 Å². The van der Waals surface area contributed by atoms with Crippen LogP contribution in [0.4, 0.5) is 0 Å². The van der Waals surface area contributed by atoms with Crippen molar-refractivity contribution < 1.29 is 19.1 Å². The molecule has 0 fully saturated rings. The SMILES string of the molecule is CCCC(=O)Oc1ccc([C@@H]2C(C#N)=C(N)OC3=C2C(=O)CCC3)cc1. The number of hydrogen-bond donors (Lipinski definition) is 1. The molecule has 6 heteroatoms. The number of allylic oxidation sites excluding steroid dienone is 3. The van der Waals surface area contributed by atoms with Crippen molar-refractivity contribution in [2.75, 3.05) is 0 Å². The second-order valence-electron chi connectivity index (χ2n) is 6.33. The van der Waals surface area contributed by atoms with Crippen LogP contribution < -0.4 is 10.5 Å². The second kappa shape index (κ2) is 7.44. The highest BCUT2D eigenvalue weighted by molar-refractivity contribution is 5.99. The van der Waals surface area contributed by atoms with Crippen molar-refractivity contribution in [3.8, 4) is 11.8 Å². The van der Waals surface area contributed by atoms with E-state index in [0.29, 0.717) is 49.2 Å². The summed E-state index contributed by atoms with van der Waals surface area (Å²) in [6, 6.07) is 8.91. The number of carbonyl (C=O) groups is 2. The molecule has 0 aromatic heterocycles. The molecule has 0 amide bonds. The topological polar surface area (TPSA) is 102 Å². The Morgan fingerprint density at radius 2 is 2.08 bits per heavy atom. The summed E-state index contributed by atoms with van der Waals surface area (Å²) in [7, 11) is 0. The van der Waals surface area contributed by atoms with Crippen LogP contribution in [0.2, 0.25) is 0 Å². The normalized spacial score (nSPS) is 19.5. The maximum Gasteiger partial charge on any atom is 0.311 e. The number of ether oxygens (including phenoxy) is 2. The van der Waals surface area contributed by atoms with Crippen LogP contribution in [-0.2, 0) is 14.3 Å². The maximum absolute atomic E-state index is 12.5. The lowest BCUT2D eigenvalue weighted by Crippen LogP contribution is -2.27. The van der Waals surface area contributed by atoms with Gasteiger partial charge in [-0.3, -0.25) is 9.59 Å². The first-order valence-electron chi connectivity index (χ1n) is 8.69. The van der Waals surface area contributed by atoms with Crippen LogP contribution in [0.25, 0.3) is 0 Å². The molecule has 0 saturated carbocycles. The third-order valence-electron chi connectivity index (χ3n) is 4.50. The van der Waals surface area contributed by atoms with E-state index in [9.17, 15) is 14.9 Å². The molecule has 2 aliphatic rings. The molecule has 0 bridgehead atoms. The van der Waals surface area contributed by atoms with Gasteiger partial charge < -0.3 is 15.2 Å². The number of ketones is 1. The number of hydrogen-bond acceptors (Lipinski definition) is 6. The Hall–Kier alpha value is -3.07. The fraction of sp³-hybridized carbons (Fsp3) is 0.350. The lowest BCUT2D eigenvalue weighted by Gasteiger charge is -2.31. The van der Waals surface area contributed by atoms with Crippen molar-refractivity contribution in [3.05, 3.63) is 52.6 Å². The number of esters is 1. The molecule has 1 heterocycles. The van der Waals surface area contributed by atoms with Gasteiger partial charge in [-0.15, -0.1) is 0 Å². The highest BCUT2D eigenvalue weighted by Crippen LogP contribution is 2.43. The van der Waals surface area contributed by atoms with Gasteiger partial charge in [-0.05, 0) is 30.5 Å². The van der Waals surface area contributed by atoms with Gasteiger partial charge in [0.1, 0.15) is 23.2 Å². The lowest BCUT2D eigenvalue weighted by molar-refractivity contribution is -0.134. The molecule has 1 aromatic carbocycles. The summed E-state index contributed by atoms with van der Waals surface area (Å²) >= 11 is 0. The van der Waals surface area contributed by atoms with E-state index in [4.69, 9.17) is 15.2 Å². The average molecular weight is 352 g/mol. The third kappa shape index (κ3) is 3.33. The summed E-state index contributed by atoms with van der Waals surface area (Å²) in [4.78, 5) is 24.1. The Balaban J connectivity index is 1.95. The van der Waals surface area contributed by atoms with E-state index >= 15 is 0 Å². The summed E-state index contributed by atoms with van der Waals surface area (Å²) in [6.45, 7) is 1.90. The van der Waals surface area contributed by atoms with Gasteiger partial charge in [0.05, 0.1) is 5.92 Å². The molecule has 6 nitrogen and oxygen atoms in total. The van der Waals surface area contributed by atoms with Crippen molar-refractivity contribution in [1.82, 2.24) is 0 Å². The van der Waals surface area contributed by atoms with Gasteiger partial charge in [0, 0.05) is 24.8 Å². The summed E-state index contributed by atoms with van der Waals surface area (Å²) in [5.41, 5.74) is 7.40. The van der Waals surface area contributed by atoms with Crippen LogP contribution in [0.1, 0.15) is 50.5 Å². The highest BCUT2D eigenvalue weighted by atomic mass is 16.5. The minimum atomic E-state index is -0.544. The van der Waals surface area contributed by atoms with Crippen molar-refractivity contribution in [1.29, 1.82) is 5.26 Å². The number of nitriles is 1. The summed E-state index contributed by atoms with van der Waals surface area (Å²) in [6.07, 6.45) is 2.84. The highest BCUT2D eigenvalue weighted by Gasteiger charge is 2.37. The van der Waals surface area contributed by atoms with E-state index in [-0.39, 0.29) is 23.2 Å². The molecular formula is C20H20N2O4. The van der Waals surface area contributed by atoms with Gasteiger partial charge >= 0.3 is 5.97 Å². The van der Waals surface area contributed by atoms with Gasteiger partial charge in [-0.2, -0.15) is 5.26 Å². The molecular weight excluding hydrogens is 332 g/mol. The van der Waals surface area contributed by atoms with Gasteiger partial charge in [0.15, 0.2) is 5.78 Å².